The van der Waals surface area contributed by atoms with Crippen LogP contribution in [0.1, 0.15) is 15.9 Å². The monoisotopic (exact) mass is 284 g/mol. The summed E-state index contributed by atoms with van der Waals surface area (Å²) >= 11 is 0. The van der Waals surface area contributed by atoms with Crippen LogP contribution in [0.5, 0.6) is 5.75 Å². The number of aldehydes is 1. The van der Waals surface area contributed by atoms with Gasteiger partial charge in [0.05, 0.1) is 11.1 Å². The van der Waals surface area contributed by atoms with E-state index in [4.69, 9.17) is 0 Å². The molecule has 0 aliphatic rings. The van der Waals surface area contributed by atoms with Crippen molar-refractivity contribution in [3.8, 4) is 16.9 Å². The van der Waals surface area contributed by atoms with Gasteiger partial charge in [-0.3, -0.25) is 4.79 Å². The van der Waals surface area contributed by atoms with E-state index in [1.165, 1.54) is 18.2 Å². The minimum atomic E-state index is -4.84. The lowest BCUT2D eigenvalue weighted by molar-refractivity contribution is -0.139. The molecule has 0 radical (unpaired) electrons. The Hall–Kier alpha value is -2.37. The van der Waals surface area contributed by atoms with Gasteiger partial charge in [-0.25, -0.2) is 4.39 Å². The van der Waals surface area contributed by atoms with Crippen LogP contribution in [0, 0.1) is 5.82 Å². The maximum Gasteiger partial charge on any atom is 0.419 e. The van der Waals surface area contributed by atoms with Crippen LogP contribution in [0.25, 0.3) is 11.1 Å². The van der Waals surface area contributed by atoms with Crippen LogP contribution in [0.4, 0.5) is 17.6 Å². The molecule has 0 unspecified atom stereocenters. The van der Waals surface area contributed by atoms with Crippen LogP contribution in [0.3, 0.4) is 0 Å². The first-order valence-electron chi connectivity index (χ1n) is 5.49. The van der Waals surface area contributed by atoms with Gasteiger partial charge in [-0.1, -0.05) is 24.3 Å². The van der Waals surface area contributed by atoms with Crippen molar-refractivity contribution in [1.29, 1.82) is 0 Å². The Balaban J connectivity index is 2.69. The van der Waals surface area contributed by atoms with Crippen LogP contribution in [0.15, 0.2) is 36.4 Å². The summed E-state index contributed by atoms with van der Waals surface area (Å²) in [6.45, 7) is 0. The summed E-state index contributed by atoms with van der Waals surface area (Å²) in [5.74, 6) is -2.04. The first-order chi connectivity index (χ1) is 9.36. The standard InChI is InChI=1S/C14H8F4O2/c15-12-9(4-2-6-11(12)14(16,17)18)10-5-1-3-8(7-19)13(10)20/h1-7,20H. The molecule has 0 aliphatic heterocycles. The highest BCUT2D eigenvalue weighted by atomic mass is 19.4. The topological polar surface area (TPSA) is 37.3 Å². The first kappa shape index (κ1) is 14.0. The second kappa shape index (κ2) is 4.96. The number of carbonyl (C=O) groups is 1. The zero-order valence-electron chi connectivity index (χ0n) is 9.91. The molecule has 20 heavy (non-hydrogen) atoms. The Labute approximate surface area is 111 Å². The summed E-state index contributed by atoms with van der Waals surface area (Å²) in [6, 6.07) is 6.61. The van der Waals surface area contributed by atoms with Gasteiger partial charge in [-0.15, -0.1) is 0 Å². The molecule has 0 bridgehead atoms. The number of halogens is 4. The lowest BCUT2D eigenvalue weighted by Crippen LogP contribution is -2.08. The van der Waals surface area contributed by atoms with E-state index >= 15 is 0 Å². The zero-order valence-corrected chi connectivity index (χ0v) is 9.91. The van der Waals surface area contributed by atoms with Crippen molar-refractivity contribution < 1.29 is 27.5 Å². The van der Waals surface area contributed by atoms with Crippen molar-refractivity contribution in [3.05, 3.63) is 53.3 Å². The molecule has 2 nitrogen and oxygen atoms in total. The molecule has 1 N–H and O–H groups in total. The van der Waals surface area contributed by atoms with Crippen molar-refractivity contribution in [2.24, 2.45) is 0 Å². The Kier molecular flexibility index (Phi) is 3.48. The summed E-state index contributed by atoms with van der Waals surface area (Å²) in [4.78, 5) is 10.7. The summed E-state index contributed by atoms with van der Waals surface area (Å²) in [5.41, 5.74) is -2.13. The van der Waals surface area contributed by atoms with Gasteiger partial charge in [0.15, 0.2) is 6.29 Å². The minimum absolute atomic E-state index is 0.126. The number of hydrogen-bond acceptors (Lipinski definition) is 2. The van der Waals surface area contributed by atoms with Crippen LogP contribution < -0.4 is 0 Å². The van der Waals surface area contributed by atoms with E-state index in [0.717, 1.165) is 12.1 Å². The molecule has 2 aromatic rings. The molecule has 2 rings (SSSR count). The third kappa shape index (κ3) is 2.36. The van der Waals surface area contributed by atoms with Gasteiger partial charge in [-0.05, 0) is 12.1 Å². The van der Waals surface area contributed by atoms with Gasteiger partial charge >= 0.3 is 6.18 Å². The molecule has 0 saturated heterocycles. The van der Waals surface area contributed by atoms with Crippen LogP contribution in [-0.4, -0.2) is 11.4 Å². The first-order valence-corrected chi connectivity index (χ1v) is 5.49. The summed E-state index contributed by atoms with van der Waals surface area (Å²) < 4.78 is 51.8. The normalized spacial score (nSPS) is 11.4. The molecule has 6 heteroatoms. The number of phenols is 1. The Morgan fingerprint density at radius 2 is 1.60 bits per heavy atom. The van der Waals surface area contributed by atoms with Crippen LogP contribution in [-0.2, 0) is 6.18 Å². The van der Waals surface area contributed by atoms with Crippen molar-refractivity contribution in [3.63, 3.8) is 0 Å². The van der Waals surface area contributed by atoms with E-state index < -0.39 is 28.9 Å². The maximum atomic E-state index is 14.0. The molecule has 104 valence electrons. The number of carbonyl (C=O) groups excluding carboxylic acids is 1. The maximum absolute atomic E-state index is 14.0. The Bertz CT molecular complexity index is 663. The van der Waals surface area contributed by atoms with E-state index in [1.807, 2.05) is 0 Å². The van der Waals surface area contributed by atoms with Gasteiger partial charge < -0.3 is 5.11 Å². The molecular formula is C14H8F4O2. The zero-order chi connectivity index (χ0) is 14.9. The number of aromatic hydroxyl groups is 1. The van der Waals surface area contributed by atoms with E-state index in [1.54, 1.807) is 0 Å². The van der Waals surface area contributed by atoms with Crippen molar-refractivity contribution >= 4 is 6.29 Å². The average molecular weight is 284 g/mol. The second-order valence-corrected chi connectivity index (χ2v) is 4.03. The highest BCUT2D eigenvalue weighted by molar-refractivity contribution is 5.85. The van der Waals surface area contributed by atoms with Gasteiger partial charge in [0.25, 0.3) is 0 Å². The molecule has 0 heterocycles. The number of rotatable bonds is 2. The van der Waals surface area contributed by atoms with Crippen LogP contribution in [0.2, 0.25) is 0 Å². The van der Waals surface area contributed by atoms with Crippen molar-refractivity contribution in [2.75, 3.05) is 0 Å². The van der Waals surface area contributed by atoms with Gasteiger partial charge in [0.2, 0.25) is 0 Å². The predicted octanol–water partition coefficient (Wildman–Crippen LogP) is 4.03. The summed E-state index contributed by atoms with van der Waals surface area (Å²) in [5, 5.41) is 9.78. The number of hydrogen-bond donors (Lipinski definition) is 1. The predicted molar refractivity (Wildman–Crippen MR) is 63.9 cm³/mol. The highest BCUT2D eigenvalue weighted by Gasteiger charge is 2.35. The number of alkyl halides is 3. The van der Waals surface area contributed by atoms with Gasteiger partial charge in [0.1, 0.15) is 11.6 Å². The molecule has 0 aromatic heterocycles. The van der Waals surface area contributed by atoms with Crippen molar-refractivity contribution in [2.45, 2.75) is 6.18 Å². The lowest BCUT2D eigenvalue weighted by Gasteiger charge is -2.12. The van der Waals surface area contributed by atoms with E-state index in [-0.39, 0.29) is 11.1 Å². The third-order valence-corrected chi connectivity index (χ3v) is 2.79. The van der Waals surface area contributed by atoms with Crippen LogP contribution >= 0.6 is 0 Å². The average Bonchev–Trinajstić information content (AvgIpc) is 2.38. The van der Waals surface area contributed by atoms with E-state index in [9.17, 15) is 27.5 Å². The van der Waals surface area contributed by atoms with E-state index in [2.05, 4.69) is 0 Å². The highest BCUT2D eigenvalue weighted by Crippen LogP contribution is 2.38. The summed E-state index contributed by atoms with van der Waals surface area (Å²) in [7, 11) is 0. The SMILES string of the molecule is O=Cc1cccc(-c2cccc(C(F)(F)F)c2F)c1O. The fourth-order valence-electron chi connectivity index (χ4n) is 1.83. The quantitative estimate of drug-likeness (QED) is 0.667. The molecule has 0 amide bonds. The third-order valence-electron chi connectivity index (χ3n) is 2.79. The largest absolute Gasteiger partial charge is 0.507 e. The van der Waals surface area contributed by atoms with Crippen molar-refractivity contribution in [1.82, 2.24) is 0 Å². The second-order valence-electron chi connectivity index (χ2n) is 4.03. The molecule has 0 atom stereocenters. The number of benzene rings is 2. The number of phenolic OH excluding ortho intramolecular Hbond substituents is 1. The van der Waals surface area contributed by atoms with E-state index in [0.29, 0.717) is 12.4 Å². The molecule has 0 saturated carbocycles. The molecule has 0 aliphatic carbocycles. The summed E-state index contributed by atoms with van der Waals surface area (Å²) in [6.07, 6.45) is -4.50. The Morgan fingerprint density at radius 3 is 2.20 bits per heavy atom. The van der Waals surface area contributed by atoms with Gasteiger partial charge in [0, 0.05) is 11.1 Å². The van der Waals surface area contributed by atoms with Gasteiger partial charge in [-0.2, -0.15) is 13.2 Å². The number of para-hydroxylation sites is 1. The molecule has 2 aromatic carbocycles. The lowest BCUT2D eigenvalue weighted by atomic mass is 9.99. The fraction of sp³-hybridized carbons (Fsp3) is 0.0714. The fourth-order valence-corrected chi connectivity index (χ4v) is 1.83. The molecular weight excluding hydrogens is 276 g/mol. The molecule has 0 fully saturated rings. The Morgan fingerprint density at radius 1 is 1.00 bits per heavy atom. The smallest absolute Gasteiger partial charge is 0.419 e. The minimum Gasteiger partial charge on any atom is -0.507 e. The molecule has 0 spiro atoms.